The zero-order valence-corrected chi connectivity index (χ0v) is 16.6. The van der Waals surface area contributed by atoms with E-state index >= 15 is 0 Å². The molecule has 0 radical (unpaired) electrons. The summed E-state index contributed by atoms with van der Waals surface area (Å²) < 4.78 is 6.90. The van der Waals surface area contributed by atoms with Crippen molar-refractivity contribution in [1.82, 2.24) is 30.5 Å². The molecule has 0 bridgehead atoms. The predicted molar refractivity (Wildman–Crippen MR) is 102 cm³/mol. The number of nitrogens with one attached hydrogen (secondary N) is 3. The molecule has 0 aromatic carbocycles. The van der Waals surface area contributed by atoms with Crippen LogP contribution < -0.4 is 10.6 Å². The van der Waals surface area contributed by atoms with Crippen LogP contribution in [-0.2, 0) is 11.8 Å². The number of aromatic amines is 1. The number of amides is 2. The van der Waals surface area contributed by atoms with Gasteiger partial charge >= 0.3 is 6.09 Å². The fourth-order valence-corrected chi connectivity index (χ4v) is 3.55. The van der Waals surface area contributed by atoms with Gasteiger partial charge in [-0.25, -0.2) is 9.48 Å². The Hall–Kier alpha value is -2.91. The lowest BCUT2D eigenvalue weighted by Crippen LogP contribution is -2.34. The number of hydrogen-bond donors (Lipinski definition) is 3. The first-order valence-electron chi connectivity index (χ1n) is 9.52. The summed E-state index contributed by atoms with van der Waals surface area (Å²) in [6.45, 7) is 5.74. The second-order valence-electron chi connectivity index (χ2n) is 7.59. The smallest absolute Gasteiger partial charge is 0.407 e. The molecule has 3 N–H and O–H groups in total. The normalized spacial score (nSPS) is 20.2. The van der Waals surface area contributed by atoms with E-state index in [-0.39, 0.29) is 24.1 Å². The highest BCUT2D eigenvalue weighted by molar-refractivity contribution is 6.02. The number of hydrogen-bond acceptors (Lipinski definition) is 6. The third-order valence-electron chi connectivity index (χ3n) is 5.06. The van der Waals surface area contributed by atoms with Gasteiger partial charge in [0.2, 0.25) is 0 Å². The molecule has 2 amide bonds. The van der Waals surface area contributed by atoms with E-state index in [2.05, 4.69) is 31.1 Å². The number of aryl methyl sites for hydroxylation is 1. The fourth-order valence-electron chi connectivity index (χ4n) is 3.55. The molecule has 1 saturated carbocycles. The predicted octanol–water partition coefficient (Wildman–Crippen LogP) is 2.20. The third-order valence-corrected chi connectivity index (χ3v) is 5.06. The molecule has 1 aliphatic rings. The summed E-state index contributed by atoms with van der Waals surface area (Å²) in [6, 6.07) is 1.91. The minimum atomic E-state index is -0.373. The number of rotatable bonds is 6. The van der Waals surface area contributed by atoms with Gasteiger partial charge in [-0.3, -0.25) is 9.89 Å². The third kappa shape index (κ3) is 4.68. The molecule has 1 unspecified atom stereocenters. The lowest BCUT2D eigenvalue weighted by molar-refractivity contribution is 0.0721. The summed E-state index contributed by atoms with van der Waals surface area (Å²) in [4.78, 5) is 24.0. The Labute approximate surface area is 163 Å². The SMILES string of the molecule is CC(C)NC(=O)OC(C)[C@@H]1CC[C@H](c2cc(NC(=O)c3cnnn3C)n[nH]2)C1. The molecule has 2 aromatic rings. The first kappa shape index (κ1) is 19.8. The number of nitrogens with zero attached hydrogens (tertiary/aromatic N) is 4. The number of alkyl carbamates (subject to hydrolysis) is 1. The molecule has 152 valence electrons. The highest BCUT2D eigenvalue weighted by Gasteiger charge is 2.32. The highest BCUT2D eigenvalue weighted by atomic mass is 16.6. The number of carbonyl (C=O) groups excluding carboxylic acids is 2. The number of anilines is 1. The molecule has 10 nitrogen and oxygen atoms in total. The van der Waals surface area contributed by atoms with E-state index in [9.17, 15) is 9.59 Å². The largest absolute Gasteiger partial charge is 0.446 e. The molecule has 2 heterocycles. The van der Waals surface area contributed by atoms with Crippen LogP contribution in [0, 0.1) is 5.92 Å². The minimum absolute atomic E-state index is 0.0526. The Morgan fingerprint density at radius 1 is 1.32 bits per heavy atom. The molecule has 10 heteroatoms. The second-order valence-corrected chi connectivity index (χ2v) is 7.59. The lowest BCUT2D eigenvalue weighted by Gasteiger charge is -2.21. The zero-order valence-electron chi connectivity index (χ0n) is 16.6. The van der Waals surface area contributed by atoms with Crippen molar-refractivity contribution in [3.05, 3.63) is 23.7 Å². The maximum atomic E-state index is 12.2. The number of H-pyrrole nitrogens is 1. The Morgan fingerprint density at radius 3 is 2.79 bits per heavy atom. The molecule has 3 atom stereocenters. The van der Waals surface area contributed by atoms with E-state index in [0.29, 0.717) is 23.3 Å². The highest BCUT2D eigenvalue weighted by Crippen LogP contribution is 2.40. The number of ether oxygens (including phenoxy) is 1. The van der Waals surface area contributed by atoms with Crippen LogP contribution in [-0.4, -0.2) is 49.3 Å². The summed E-state index contributed by atoms with van der Waals surface area (Å²) in [7, 11) is 1.65. The Bertz CT molecular complexity index is 829. The van der Waals surface area contributed by atoms with E-state index in [1.54, 1.807) is 7.05 Å². The van der Waals surface area contributed by atoms with Gasteiger partial charge in [-0.05, 0) is 46.0 Å². The van der Waals surface area contributed by atoms with Crippen LogP contribution in [0.1, 0.15) is 62.1 Å². The standard InChI is InChI=1S/C18H27N7O3/c1-10(2)20-18(27)28-11(3)12-5-6-13(7-12)14-8-16(23-22-14)21-17(26)15-9-19-24-25(15)4/h8-13H,5-7H2,1-4H3,(H,20,27)(H2,21,22,23,26)/t11?,12-,13+/m1/s1. The van der Waals surface area contributed by atoms with Crippen LogP contribution in [0.4, 0.5) is 10.6 Å². The van der Waals surface area contributed by atoms with E-state index in [0.717, 1.165) is 25.0 Å². The van der Waals surface area contributed by atoms with Gasteiger partial charge in [-0.15, -0.1) is 5.10 Å². The molecule has 1 fully saturated rings. The van der Waals surface area contributed by atoms with Crippen LogP contribution in [0.5, 0.6) is 0 Å². The molecular formula is C18H27N7O3. The van der Waals surface area contributed by atoms with Gasteiger partial charge in [0.15, 0.2) is 5.82 Å². The molecule has 2 aromatic heterocycles. The molecule has 28 heavy (non-hydrogen) atoms. The first-order valence-corrected chi connectivity index (χ1v) is 9.52. The van der Waals surface area contributed by atoms with Crippen molar-refractivity contribution < 1.29 is 14.3 Å². The first-order chi connectivity index (χ1) is 13.3. The molecule has 1 aliphatic carbocycles. The Morgan fingerprint density at radius 2 is 2.11 bits per heavy atom. The van der Waals surface area contributed by atoms with Gasteiger partial charge in [0.25, 0.3) is 5.91 Å². The van der Waals surface area contributed by atoms with Crippen molar-refractivity contribution in [3.8, 4) is 0 Å². The van der Waals surface area contributed by atoms with Crippen LogP contribution in [0.2, 0.25) is 0 Å². The van der Waals surface area contributed by atoms with Crippen molar-refractivity contribution in [2.24, 2.45) is 13.0 Å². The topological polar surface area (TPSA) is 127 Å². The van der Waals surface area contributed by atoms with E-state index in [1.807, 2.05) is 26.8 Å². The van der Waals surface area contributed by atoms with E-state index in [1.165, 1.54) is 10.9 Å². The van der Waals surface area contributed by atoms with E-state index in [4.69, 9.17) is 4.74 Å². The number of aromatic nitrogens is 5. The average molecular weight is 389 g/mol. The molecule has 0 saturated heterocycles. The van der Waals surface area contributed by atoms with Crippen molar-refractivity contribution >= 4 is 17.8 Å². The lowest BCUT2D eigenvalue weighted by atomic mass is 9.98. The maximum absolute atomic E-state index is 12.2. The van der Waals surface area contributed by atoms with Gasteiger partial charge in [0, 0.05) is 30.8 Å². The summed E-state index contributed by atoms with van der Waals surface area (Å²) in [6.07, 6.45) is 3.73. The maximum Gasteiger partial charge on any atom is 0.407 e. The van der Waals surface area contributed by atoms with Crippen LogP contribution >= 0.6 is 0 Å². The second kappa shape index (κ2) is 8.41. The summed E-state index contributed by atoms with van der Waals surface area (Å²) in [5.74, 6) is 0.740. The van der Waals surface area contributed by atoms with Gasteiger partial charge in [0.05, 0.1) is 6.20 Å². The number of carbonyl (C=O) groups is 2. The van der Waals surface area contributed by atoms with Crippen molar-refractivity contribution in [1.29, 1.82) is 0 Å². The van der Waals surface area contributed by atoms with E-state index < -0.39 is 0 Å². The summed E-state index contributed by atoms with van der Waals surface area (Å²) >= 11 is 0. The average Bonchev–Trinajstić information content (AvgIpc) is 3.33. The van der Waals surface area contributed by atoms with Crippen LogP contribution in [0.3, 0.4) is 0 Å². The molecule has 0 spiro atoms. The summed E-state index contributed by atoms with van der Waals surface area (Å²) in [5, 5.41) is 20.1. The van der Waals surface area contributed by atoms with Crippen LogP contribution in [0.15, 0.2) is 12.3 Å². The van der Waals surface area contributed by atoms with Crippen molar-refractivity contribution in [3.63, 3.8) is 0 Å². The zero-order chi connectivity index (χ0) is 20.3. The Kier molecular flexibility index (Phi) is 5.96. The minimum Gasteiger partial charge on any atom is -0.446 e. The monoisotopic (exact) mass is 389 g/mol. The van der Waals surface area contributed by atoms with Crippen molar-refractivity contribution in [2.75, 3.05) is 5.32 Å². The van der Waals surface area contributed by atoms with Crippen molar-refractivity contribution in [2.45, 2.75) is 58.1 Å². The Balaban J connectivity index is 1.54. The van der Waals surface area contributed by atoms with Gasteiger partial charge in [-0.2, -0.15) is 5.10 Å². The van der Waals surface area contributed by atoms with Gasteiger partial charge < -0.3 is 15.4 Å². The van der Waals surface area contributed by atoms with Gasteiger partial charge in [-0.1, -0.05) is 5.21 Å². The quantitative estimate of drug-likeness (QED) is 0.695. The molecule has 3 rings (SSSR count). The fraction of sp³-hybridized carbons (Fsp3) is 0.611. The molecule has 0 aliphatic heterocycles. The molecular weight excluding hydrogens is 362 g/mol. The van der Waals surface area contributed by atoms with Gasteiger partial charge in [0.1, 0.15) is 11.8 Å². The van der Waals surface area contributed by atoms with Crippen LogP contribution in [0.25, 0.3) is 0 Å². The summed E-state index contributed by atoms with van der Waals surface area (Å²) in [5.41, 5.74) is 1.33.